The van der Waals surface area contributed by atoms with Gasteiger partial charge in [-0.15, -0.1) is 0 Å². The monoisotopic (exact) mass is 258 g/mol. The van der Waals surface area contributed by atoms with Crippen LogP contribution in [0.4, 0.5) is 0 Å². The number of nitrogens with one attached hydrogen (secondary N) is 1. The maximum Gasteiger partial charge on any atom is 0.338 e. The van der Waals surface area contributed by atoms with E-state index in [2.05, 4.69) is 22.3 Å². The van der Waals surface area contributed by atoms with Gasteiger partial charge in [-0.1, -0.05) is 12.1 Å². The fourth-order valence-electron chi connectivity index (χ4n) is 3.34. The highest BCUT2D eigenvalue weighted by Crippen LogP contribution is 2.45. The largest absolute Gasteiger partial charge is 0.457 e. The summed E-state index contributed by atoms with van der Waals surface area (Å²) in [5.41, 5.74) is 3.19. The fourth-order valence-corrected chi connectivity index (χ4v) is 3.34. The van der Waals surface area contributed by atoms with E-state index in [1.54, 1.807) is 0 Å². The molecule has 19 heavy (non-hydrogen) atoms. The van der Waals surface area contributed by atoms with Gasteiger partial charge in [0.2, 0.25) is 0 Å². The molecule has 4 rings (SSSR count). The lowest BCUT2D eigenvalue weighted by Crippen LogP contribution is -2.44. The zero-order valence-corrected chi connectivity index (χ0v) is 10.9. The maximum absolute atomic E-state index is 11.4. The van der Waals surface area contributed by atoms with Crippen LogP contribution >= 0.6 is 0 Å². The van der Waals surface area contributed by atoms with E-state index >= 15 is 0 Å². The van der Waals surface area contributed by atoms with E-state index in [1.165, 1.54) is 12.0 Å². The zero-order valence-electron chi connectivity index (χ0n) is 10.9. The standard InChI is InChI=1S/C15H18N2O2/c18-15-12-2-1-10(7-11(12)9-19-15)13-8-14(13)17-5-3-16-4-6-17/h1-2,7,13-14,16H,3-6,8-9H2/t13-,14-/m1/s1. The molecule has 0 radical (unpaired) electrons. The summed E-state index contributed by atoms with van der Waals surface area (Å²) < 4.78 is 5.06. The Morgan fingerprint density at radius 2 is 2.11 bits per heavy atom. The number of fused-ring (bicyclic) bond motifs is 1. The van der Waals surface area contributed by atoms with E-state index in [0.717, 1.165) is 37.3 Å². The van der Waals surface area contributed by atoms with Crippen molar-refractivity contribution in [3.8, 4) is 0 Å². The summed E-state index contributed by atoms with van der Waals surface area (Å²) in [7, 11) is 0. The first-order valence-corrected chi connectivity index (χ1v) is 7.07. The molecule has 1 aliphatic carbocycles. The molecule has 4 heteroatoms. The highest BCUT2D eigenvalue weighted by molar-refractivity contribution is 5.93. The number of hydrogen-bond donors (Lipinski definition) is 1. The molecule has 1 aromatic rings. The second kappa shape index (κ2) is 4.32. The van der Waals surface area contributed by atoms with Crippen molar-refractivity contribution in [2.45, 2.75) is 25.0 Å². The van der Waals surface area contributed by atoms with Crippen molar-refractivity contribution in [2.75, 3.05) is 26.2 Å². The number of hydrogen-bond acceptors (Lipinski definition) is 4. The van der Waals surface area contributed by atoms with Crippen molar-refractivity contribution < 1.29 is 9.53 Å². The van der Waals surface area contributed by atoms with Crippen LogP contribution in [0.1, 0.15) is 33.8 Å². The molecular formula is C15H18N2O2. The molecule has 2 fully saturated rings. The summed E-state index contributed by atoms with van der Waals surface area (Å²) in [5, 5.41) is 3.40. The lowest BCUT2D eigenvalue weighted by molar-refractivity contribution is 0.0535. The van der Waals surface area contributed by atoms with Crippen molar-refractivity contribution in [3.63, 3.8) is 0 Å². The molecular weight excluding hydrogens is 240 g/mol. The second-order valence-corrected chi connectivity index (χ2v) is 5.69. The third-order valence-electron chi connectivity index (χ3n) is 4.51. The third-order valence-corrected chi connectivity index (χ3v) is 4.51. The number of cyclic esters (lactones) is 1. The Morgan fingerprint density at radius 1 is 1.26 bits per heavy atom. The van der Waals surface area contributed by atoms with Gasteiger partial charge in [0, 0.05) is 43.7 Å². The Bertz CT molecular complexity index is 523. The highest BCUT2D eigenvalue weighted by atomic mass is 16.5. The summed E-state index contributed by atoms with van der Waals surface area (Å²) in [6.07, 6.45) is 1.26. The van der Waals surface area contributed by atoms with E-state index < -0.39 is 0 Å². The molecule has 100 valence electrons. The molecule has 2 aliphatic heterocycles. The summed E-state index contributed by atoms with van der Waals surface area (Å²) in [4.78, 5) is 14.0. The third kappa shape index (κ3) is 1.95. The van der Waals surface area contributed by atoms with Crippen LogP contribution in [0, 0.1) is 0 Å². The minimum atomic E-state index is -0.170. The Balaban J connectivity index is 1.51. The first kappa shape index (κ1) is 11.4. The van der Waals surface area contributed by atoms with Crippen molar-refractivity contribution in [1.29, 1.82) is 0 Å². The van der Waals surface area contributed by atoms with Crippen LogP contribution in [-0.4, -0.2) is 43.1 Å². The SMILES string of the molecule is O=C1OCc2cc([C@H]3C[C@H]3N3CCNCC3)ccc21. The second-order valence-electron chi connectivity index (χ2n) is 5.69. The van der Waals surface area contributed by atoms with Crippen LogP contribution in [0.2, 0.25) is 0 Å². The quantitative estimate of drug-likeness (QED) is 0.807. The van der Waals surface area contributed by atoms with Crippen molar-refractivity contribution >= 4 is 5.97 Å². The maximum atomic E-state index is 11.4. The van der Waals surface area contributed by atoms with Gasteiger partial charge in [-0.2, -0.15) is 0 Å². The number of ether oxygens (including phenoxy) is 1. The predicted octanol–water partition coefficient (Wildman–Crippen LogP) is 1.12. The Morgan fingerprint density at radius 3 is 2.95 bits per heavy atom. The van der Waals surface area contributed by atoms with Crippen LogP contribution in [-0.2, 0) is 11.3 Å². The molecule has 1 N–H and O–H groups in total. The van der Waals surface area contributed by atoms with E-state index in [0.29, 0.717) is 18.6 Å². The topological polar surface area (TPSA) is 41.6 Å². The van der Waals surface area contributed by atoms with Gasteiger partial charge in [0.1, 0.15) is 6.61 Å². The van der Waals surface area contributed by atoms with E-state index in [1.807, 2.05) is 6.07 Å². The molecule has 0 aromatic heterocycles. The average Bonchev–Trinajstić information content (AvgIpc) is 3.19. The smallest absolute Gasteiger partial charge is 0.338 e. The zero-order chi connectivity index (χ0) is 12.8. The molecule has 2 heterocycles. The molecule has 1 saturated carbocycles. The molecule has 4 nitrogen and oxygen atoms in total. The summed E-state index contributed by atoms with van der Waals surface area (Å²) >= 11 is 0. The van der Waals surface area contributed by atoms with Crippen LogP contribution in [0.3, 0.4) is 0 Å². The predicted molar refractivity (Wildman–Crippen MR) is 71.2 cm³/mol. The van der Waals surface area contributed by atoms with Gasteiger partial charge < -0.3 is 10.1 Å². The summed E-state index contributed by atoms with van der Waals surface area (Å²) in [6.45, 7) is 4.99. The van der Waals surface area contributed by atoms with Crippen LogP contribution in [0.5, 0.6) is 0 Å². The molecule has 3 aliphatic rings. The van der Waals surface area contributed by atoms with Crippen LogP contribution < -0.4 is 5.32 Å². The first-order valence-electron chi connectivity index (χ1n) is 7.07. The lowest BCUT2D eigenvalue weighted by Gasteiger charge is -2.27. The van der Waals surface area contributed by atoms with E-state index in [-0.39, 0.29) is 5.97 Å². The Kier molecular flexibility index (Phi) is 2.60. The number of rotatable bonds is 2. The van der Waals surface area contributed by atoms with Gasteiger partial charge in [-0.3, -0.25) is 4.90 Å². The average molecular weight is 258 g/mol. The van der Waals surface area contributed by atoms with Crippen molar-refractivity contribution in [3.05, 3.63) is 34.9 Å². The van der Waals surface area contributed by atoms with Gasteiger partial charge in [0.25, 0.3) is 0 Å². The van der Waals surface area contributed by atoms with Gasteiger partial charge in [0.05, 0.1) is 5.56 Å². The molecule has 1 aromatic carbocycles. The molecule has 0 unspecified atom stereocenters. The number of carbonyl (C=O) groups excluding carboxylic acids is 1. The van der Waals surface area contributed by atoms with Crippen molar-refractivity contribution in [2.24, 2.45) is 0 Å². The number of esters is 1. The minimum absolute atomic E-state index is 0.170. The molecule has 0 amide bonds. The number of piperazine rings is 1. The van der Waals surface area contributed by atoms with Crippen LogP contribution in [0.25, 0.3) is 0 Å². The van der Waals surface area contributed by atoms with E-state index in [4.69, 9.17) is 4.74 Å². The number of nitrogens with zero attached hydrogens (tertiary/aromatic N) is 1. The highest BCUT2D eigenvalue weighted by Gasteiger charge is 2.43. The number of benzene rings is 1. The van der Waals surface area contributed by atoms with Crippen molar-refractivity contribution in [1.82, 2.24) is 10.2 Å². The van der Waals surface area contributed by atoms with Crippen LogP contribution in [0.15, 0.2) is 18.2 Å². The first-order chi connectivity index (χ1) is 9.33. The Labute approximate surface area is 112 Å². The molecule has 0 spiro atoms. The lowest BCUT2D eigenvalue weighted by atomic mass is 10.0. The van der Waals surface area contributed by atoms with E-state index in [9.17, 15) is 4.79 Å². The van der Waals surface area contributed by atoms with Gasteiger partial charge in [-0.05, 0) is 18.1 Å². The summed E-state index contributed by atoms with van der Waals surface area (Å²) in [6, 6.07) is 6.93. The molecule has 0 bridgehead atoms. The fraction of sp³-hybridized carbons (Fsp3) is 0.533. The Hall–Kier alpha value is -1.39. The summed E-state index contributed by atoms with van der Waals surface area (Å²) in [5.74, 6) is 0.482. The minimum Gasteiger partial charge on any atom is -0.457 e. The van der Waals surface area contributed by atoms with Gasteiger partial charge in [0.15, 0.2) is 0 Å². The van der Waals surface area contributed by atoms with Gasteiger partial charge >= 0.3 is 5.97 Å². The van der Waals surface area contributed by atoms with Gasteiger partial charge in [-0.25, -0.2) is 4.79 Å². The molecule has 1 saturated heterocycles. The molecule has 2 atom stereocenters. The number of carbonyl (C=O) groups is 1. The normalized spacial score (nSPS) is 30.0.